The predicted octanol–water partition coefficient (Wildman–Crippen LogP) is 1.94. The highest BCUT2D eigenvalue weighted by molar-refractivity contribution is 7.17. The summed E-state index contributed by atoms with van der Waals surface area (Å²) in [4.78, 5) is 11.6. The highest BCUT2D eigenvalue weighted by Crippen LogP contribution is 2.40. The Hall–Kier alpha value is -1.24. The maximum atomic E-state index is 10.1. The number of nitrogens with zero attached hydrogens (tertiary/aromatic N) is 3. The summed E-state index contributed by atoms with van der Waals surface area (Å²) in [7, 11) is 0. The van der Waals surface area contributed by atoms with Crippen LogP contribution in [0.25, 0.3) is 10.2 Å². The number of aromatic nitrogens is 2. The van der Waals surface area contributed by atoms with Crippen molar-refractivity contribution < 1.29 is 5.11 Å². The zero-order valence-corrected chi connectivity index (χ0v) is 13.7. The highest BCUT2D eigenvalue weighted by atomic mass is 32.1. The van der Waals surface area contributed by atoms with Gasteiger partial charge in [0.25, 0.3) is 0 Å². The van der Waals surface area contributed by atoms with Crippen molar-refractivity contribution in [3.8, 4) is 0 Å². The van der Waals surface area contributed by atoms with Crippen molar-refractivity contribution in [3.63, 3.8) is 0 Å². The van der Waals surface area contributed by atoms with Crippen LogP contribution in [0.2, 0.25) is 0 Å². The minimum atomic E-state index is -0.0288. The molecule has 0 bridgehead atoms. The maximum absolute atomic E-state index is 10.1. The molecule has 2 aromatic rings. The van der Waals surface area contributed by atoms with Gasteiger partial charge in [-0.1, -0.05) is 0 Å². The van der Waals surface area contributed by atoms with E-state index in [0.717, 1.165) is 56.1 Å². The van der Waals surface area contributed by atoms with Crippen LogP contribution in [0.1, 0.15) is 25.1 Å². The third-order valence-electron chi connectivity index (χ3n) is 5.19. The lowest BCUT2D eigenvalue weighted by atomic mass is 9.71. The molecule has 2 saturated heterocycles. The minimum absolute atomic E-state index is 0.0288. The Bertz CT molecular complexity index is 688. The van der Waals surface area contributed by atoms with E-state index in [1.54, 1.807) is 11.3 Å². The zero-order chi connectivity index (χ0) is 15.2. The highest BCUT2D eigenvalue weighted by Gasteiger charge is 2.45. The first kappa shape index (κ1) is 14.4. The van der Waals surface area contributed by atoms with E-state index in [1.165, 1.54) is 4.70 Å². The Morgan fingerprint density at radius 2 is 2.41 bits per heavy atom. The average molecular weight is 318 g/mol. The summed E-state index contributed by atoms with van der Waals surface area (Å²) in [5.41, 5.74) is 1.01. The van der Waals surface area contributed by atoms with Gasteiger partial charge in [-0.25, -0.2) is 9.97 Å². The van der Waals surface area contributed by atoms with Crippen molar-refractivity contribution in [3.05, 3.63) is 17.3 Å². The number of thiophene rings is 1. The van der Waals surface area contributed by atoms with Gasteiger partial charge in [0.15, 0.2) is 0 Å². The van der Waals surface area contributed by atoms with Gasteiger partial charge in [0.05, 0.1) is 16.8 Å². The molecule has 0 amide bonds. The molecule has 0 saturated carbocycles. The Balaban J connectivity index is 1.72. The largest absolute Gasteiger partial charge is 0.396 e. The van der Waals surface area contributed by atoms with Gasteiger partial charge in [0.1, 0.15) is 11.6 Å². The minimum Gasteiger partial charge on any atom is -0.396 e. The van der Waals surface area contributed by atoms with Crippen molar-refractivity contribution in [1.29, 1.82) is 0 Å². The molecule has 118 valence electrons. The van der Waals surface area contributed by atoms with E-state index in [2.05, 4.69) is 26.6 Å². The molecule has 4 heterocycles. The Morgan fingerprint density at radius 3 is 3.27 bits per heavy atom. The molecule has 2 aliphatic heterocycles. The molecule has 2 N–H and O–H groups in total. The van der Waals surface area contributed by atoms with Crippen molar-refractivity contribution in [2.45, 2.75) is 32.2 Å². The van der Waals surface area contributed by atoms with Crippen molar-refractivity contribution in [2.24, 2.45) is 5.41 Å². The van der Waals surface area contributed by atoms with Crippen LogP contribution < -0.4 is 10.2 Å². The lowest BCUT2D eigenvalue weighted by Crippen LogP contribution is -2.61. The quantitative estimate of drug-likeness (QED) is 0.886. The Labute approximate surface area is 134 Å². The first-order valence-electron chi connectivity index (χ1n) is 8.03. The van der Waals surface area contributed by atoms with E-state index in [-0.39, 0.29) is 12.0 Å². The molecule has 2 aromatic heterocycles. The molecule has 0 aliphatic carbocycles. The summed E-state index contributed by atoms with van der Waals surface area (Å²) in [5.74, 6) is 1.87. The third-order valence-corrected chi connectivity index (χ3v) is 6.09. The van der Waals surface area contributed by atoms with Crippen molar-refractivity contribution in [1.82, 2.24) is 15.3 Å². The summed E-state index contributed by atoms with van der Waals surface area (Å²) in [5, 5.41) is 15.8. The van der Waals surface area contributed by atoms with Crippen LogP contribution >= 0.6 is 11.3 Å². The first-order chi connectivity index (χ1) is 10.7. The average Bonchev–Trinajstić information content (AvgIpc) is 3.01. The zero-order valence-electron chi connectivity index (χ0n) is 12.9. The number of hydrogen-bond acceptors (Lipinski definition) is 6. The van der Waals surface area contributed by atoms with Gasteiger partial charge < -0.3 is 15.3 Å². The number of fused-ring (bicyclic) bond motifs is 2. The fraction of sp³-hybridized carbons (Fsp3) is 0.625. The molecule has 0 aromatic carbocycles. The number of rotatable bonds is 2. The van der Waals surface area contributed by atoms with Crippen LogP contribution in [0, 0.1) is 12.3 Å². The number of aliphatic hydroxyl groups is 1. The number of piperidine rings is 2. The standard InChI is InChI=1S/C16H22N4OS/c1-11-18-12-4-8-22-14(12)15(19-11)20-7-3-13-16(9-20,10-21)5-2-6-17-13/h4,8,13,17,21H,2-3,5-7,9-10H2,1H3/t13-,16-/m1/s1. The van der Waals surface area contributed by atoms with Crippen LogP contribution in [-0.4, -0.2) is 47.4 Å². The van der Waals surface area contributed by atoms with E-state index in [4.69, 9.17) is 4.98 Å². The fourth-order valence-corrected chi connectivity index (χ4v) is 4.89. The second-order valence-corrected chi connectivity index (χ2v) is 7.49. The Kier molecular flexibility index (Phi) is 3.55. The molecule has 5 nitrogen and oxygen atoms in total. The summed E-state index contributed by atoms with van der Waals surface area (Å²) in [6.07, 6.45) is 3.30. The van der Waals surface area contributed by atoms with Gasteiger partial charge >= 0.3 is 0 Å². The van der Waals surface area contributed by atoms with E-state index in [1.807, 2.05) is 6.92 Å². The molecule has 0 spiro atoms. The van der Waals surface area contributed by atoms with Gasteiger partial charge in [-0.3, -0.25) is 0 Å². The van der Waals surface area contributed by atoms with Crippen LogP contribution in [0.3, 0.4) is 0 Å². The van der Waals surface area contributed by atoms with E-state index < -0.39 is 0 Å². The summed E-state index contributed by atoms with van der Waals surface area (Å²) < 4.78 is 1.17. The number of nitrogens with one attached hydrogen (secondary N) is 1. The predicted molar refractivity (Wildman–Crippen MR) is 89.5 cm³/mol. The lowest BCUT2D eigenvalue weighted by Gasteiger charge is -2.50. The molecule has 6 heteroatoms. The molecule has 2 aliphatic rings. The molecular weight excluding hydrogens is 296 g/mol. The summed E-state index contributed by atoms with van der Waals surface area (Å²) >= 11 is 1.71. The Morgan fingerprint density at radius 1 is 1.50 bits per heavy atom. The summed E-state index contributed by atoms with van der Waals surface area (Å²) in [6, 6.07) is 2.50. The van der Waals surface area contributed by atoms with Crippen molar-refractivity contribution in [2.75, 3.05) is 31.1 Å². The number of aryl methyl sites for hydroxylation is 1. The first-order valence-corrected chi connectivity index (χ1v) is 8.91. The van der Waals surface area contributed by atoms with Crippen LogP contribution in [0.15, 0.2) is 11.4 Å². The van der Waals surface area contributed by atoms with Gasteiger partial charge in [0.2, 0.25) is 0 Å². The van der Waals surface area contributed by atoms with Gasteiger partial charge in [0, 0.05) is 24.5 Å². The number of hydrogen-bond donors (Lipinski definition) is 2. The van der Waals surface area contributed by atoms with E-state index in [0.29, 0.717) is 6.04 Å². The lowest BCUT2D eigenvalue weighted by molar-refractivity contribution is 0.0404. The third kappa shape index (κ3) is 2.21. The van der Waals surface area contributed by atoms with Crippen LogP contribution in [0.4, 0.5) is 5.82 Å². The van der Waals surface area contributed by atoms with Gasteiger partial charge in [-0.2, -0.15) is 0 Å². The SMILES string of the molecule is Cc1nc(N2CC[C@H]3NCCC[C@]3(CO)C2)c2sccc2n1. The molecule has 0 radical (unpaired) electrons. The molecule has 4 rings (SSSR count). The number of aliphatic hydroxyl groups excluding tert-OH is 1. The van der Waals surface area contributed by atoms with E-state index >= 15 is 0 Å². The van der Waals surface area contributed by atoms with Gasteiger partial charge in [-0.15, -0.1) is 11.3 Å². The number of anilines is 1. The smallest absolute Gasteiger partial charge is 0.150 e. The van der Waals surface area contributed by atoms with E-state index in [9.17, 15) is 5.11 Å². The second-order valence-electron chi connectivity index (χ2n) is 6.57. The molecule has 2 atom stereocenters. The van der Waals surface area contributed by atoms with Gasteiger partial charge in [-0.05, 0) is 44.2 Å². The van der Waals surface area contributed by atoms with Crippen LogP contribution in [0.5, 0.6) is 0 Å². The molecule has 0 unspecified atom stereocenters. The fourth-order valence-electron chi connectivity index (χ4n) is 4.04. The second kappa shape index (κ2) is 5.44. The topological polar surface area (TPSA) is 61.3 Å². The normalized spacial score (nSPS) is 28.8. The monoisotopic (exact) mass is 318 g/mol. The molecule has 2 fully saturated rings. The molecular formula is C16H22N4OS. The maximum Gasteiger partial charge on any atom is 0.150 e. The summed E-state index contributed by atoms with van der Waals surface area (Å²) in [6.45, 7) is 5.15. The molecule has 22 heavy (non-hydrogen) atoms. The van der Waals surface area contributed by atoms with Crippen molar-refractivity contribution >= 4 is 27.4 Å². The van der Waals surface area contributed by atoms with Crippen LogP contribution in [-0.2, 0) is 0 Å².